The van der Waals surface area contributed by atoms with Crippen molar-refractivity contribution in [2.45, 2.75) is 25.2 Å². The number of methoxy groups -OCH3 is 1. The molecule has 0 aliphatic carbocycles. The number of sulfonamides is 1. The van der Waals surface area contributed by atoms with E-state index in [2.05, 4.69) is 24.8 Å². The second-order valence-corrected chi connectivity index (χ2v) is 10.7. The van der Waals surface area contributed by atoms with E-state index in [1.807, 2.05) is 48.8 Å². The fourth-order valence-corrected chi connectivity index (χ4v) is 6.06. The number of hydrogen-bond acceptors (Lipinski definition) is 7. The van der Waals surface area contributed by atoms with Crippen molar-refractivity contribution in [1.82, 2.24) is 9.71 Å². The van der Waals surface area contributed by atoms with Gasteiger partial charge in [0.25, 0.3) is 0 Å². The van der Waals surface area contributed by atoms with Gasteiger partial charge in [0.1, 0.15) is 5.75 Å². The molecule has 0 unspecified atom stereocenters. The fourth-order valence-electron chi connectivity index (χ4n) is 4.58. The first-order valence-electron chi connectivity index (χ1n) is 12.2. The Bertz CT molecular complexity index is 1300. The van der Waals surface area contributed by atoms with E-state index in [-0.39, 0.29) is 23.8 Å². The van der Waals surface area contributed by atoms with E-state index in [1.54, 1.807) is 26.0 Å². The zero-order valence-corrected chi connectivity index (χ0v) is 22.2. The highest BCUT2D eigenvalue weighted by molar-refractivity contribution is 7.89. The molecule has 2 N–H and O–H groups in total. The summed E-state index contributed by atoms with van der Waals surface area (Å²) in [6, 6.07) is 15.1. The summed E-state index contributed by atoms with van der Waals surface area (Å²) in [7, 11) is -2.21. The first kappa shape index (κ1) is 26.4. The molecule has 0 bridgehead atoms. The maximum atomic E-state index is 12.8. The number of piperazine rings is 1. The highest BCUT2D eigenvalue weighted by Gasteiger charge is 2.21. The summed E-state index contributed by atoms with van der Waals surface area (Å²) in [5.74, 6) is 0.344. The van der Waals surface area contributed by atoms with Crippen molar-refractivity contribution in [2.24, 2.45) is 0 Å². The molecule has 1 aliphatic rings. The highest BCUT2D eigenvalue weighted by Crippen LogP contribution is 2.26. The number of ether oxygens (including phenoxy) is 1. The fraction of sp³-hybridized carbons (Fsp3) is 0.333. The number of benzene rings is 2. The lowest BCUT2D eigenvalue weighted by Crippen LogP contribution is -2.46. The van der Waals surface area contributed by atoms with Crippen LogP contribution < -0.4 is 24.6 Å². The molecule has 1 saturated heterocycles. The molecular weight excluding hydrogens is 490 g/mol. The molecule has 1 aromatic heterocycles. The Balaban J connectivity index is 1.25. The van der Waals surface area contributed by atoms with Crippen LogP contribution in [-0.2, 0) is 14.8 Å². The summed E-state index contributed by atoms with van der Waals surface area (Å²) >= 11 is 0. The number of rotatable bonds is 9. The SMILES string of the molecule is COc1cc(C)c(S(=O)(=O)NCCC(=O)Nc2ccc(N3CCN(c4ccncc4)CC3)cc2)c(C)c1. The van der Waals surface area contributed by atoms with E-state index >= 15 is 0 Å². The lowest BCUT2D eigenvalue weighted by atomic mass is 10.1. The average molecular weight is 524 g/mol. The minimum absolute atomic E-state index is 0.00108. The van der Waals surface area contributed by atoms with Gasteiger partial charge in [0.2, 0.25) is 15.9 Å². The van der Waals surface area contributed by atoms with Crippen LogP contribution in [0.1, 0.15) is 17.5 Å². The molecule has 0 atom stereocenters. The summed E-state index contributed by atoms with van der Waals surface area (Å²) in [6.45, 7) is 7.10. The van der Waals surface area contributed by atoms with E-state index in [4.69, 9.17) is 4.74 Å². The van der Waals surface area contributed by atoms with Crippen molar-refractivity contribution in [1.29, 1.82) is 0 Å². The van der Waals surface area contributed by atoms with Gasteiger partial charge in [-0.05, 0) is 73.5 Å². The van der Waals surface area contributed by atoms with Gasteiger partial charge >= 0.3 is 0 Å². The summed E-state index contributed by atoms with van der Waals surface area (Å²) in [5.41, 5.74) is 4.14. The average Bonchev–Trinajstić information content (AvgIpc) is 2.89. The molecule has 0 spiro atoms. The van der Waals surface area contributed by atoms with Crippen molar-refractivity contribution < 1.29 is 17.9 Å². The van der Waals surface area contributed by atoms with Gasteiger partial charge in [-0.15, -0.1) is 0 Å². The number of amides is 1. The Labute approximate surface area is 218 Å². The summed E-state index contributed by atoms with van der Waals surface area (Å²) in [6.07, 6.45) is 3.64. The summed E-state index contributed by atoms with van der Waals surface area (Å²) in [5, 5.41) is 2.84. The number of nitrogens with zero attached hydrogens (tertiary/aromatic N) is 3. The molecule has 37 heavy (non-hydrogen) atoms. The van der Waals surface area contributed by atoms with Crippen LogP contribution in [0.4, 0.5) is 17.1 Å². The maximum absolute atomic E-state index is 12.8. The normalized spacial score (nSPS) is 13.9. The Morgan fingerprint density at radius 2 is 1.46 bits per heavy atom. The third-order valence-corrected chi connectivity index (χ3v) is 8.17. The van der Waals surface area contributed by atoms with Crippen molar-refractivity contribution in [3.05, 3.63) is 72.1 Å². The quantitative estimate of drug-likeness (QED) is 0.443. The van der Waals surface area contributed by atoms with Crippen LogP contribution in [0.2, 0.25) is 0 Å². The highest BCUT2D eigenvalue weighted by atomic mass is 32.2. The van der Waals surface area contributed by atoms with Gasteiger partial charge in [-0.3, -0.25) is 9.78 Å². The molecule has 3 aromatic rings. The Morgan fingerprint density at radius 3 is 2.00 bits per heavy atom. The number of aromatic nitrogens is 1. The van der Waals surface area contributed by atoms with Crippen LogP contribution in [-0.4, -0.2) is 59.1 Å². The Morgan fingerprint density at radius 1 is 0.919 bits per heavy atom. The number of carbonyl (C=O) groups is 1. The topological polar surface area (TPSA) is 104 Å². The number of aryl methyl sites for hydroxylation is 2. The van der Waals surface area contributed by atoms with Crippen LogP contribution in [0, 0.1) is 13.8 Å². The monoisotopic (exact) mass is 523 g/mol. The third-order valence-electron chi connectivity index (χ3n) is 6.41. The Kier molecular flexibility index (Phi) is 8.30. The number of pyridine rings is 1. The largest absolute Gasteiger partial charge is 0.497 e. The van der Waals surface area contributed by atoms with E-state index in [1.165, 1.54) is 12.8 Å². The predicted octanol–water partition coefficient (Wildman–Crippen LogP) is 3.34. The van der Waals surface area contributed by atoms with Gasteiger partial charge in [-0.25, -0.2) is 13.1 Å². The number of carbonyl (C=O) groups excluding carboxylic acids is 1. The second-order valence-electron chi connectivity index (χ2n) is 9.01. The molecule has 196 valence electrons. The predicted molar refractivity (Wildman–Crippen MR) is 146 cm³/mol. The van der Waals surface area contributed by atoms with Crippen molar-refractivity contribution in [3.8, 4) is 5.75 Å². The van der Waals surface area contributed by atoms with Crippen LogP contribution in [0.3, 0.4) is 0 Å². The van der Waals surface area contributed by atoms with Crippen LogP contribution in [0.5, 0.6) is 5.75 Å². The molecule has 1 fully saturated rings. The smallest absolute Gasteiger partial charge is 0.241 e. The van der Waals surface area contributed by atoms with Gasteiger partial charge in [0, 0.05) is 68.6 Å². The van der Waals surface area contributed by atoms with Gasteiger partial charge in [-0.2, -0.15) is 0 Å². The van der Waals surface area contributed by atoms with E-state index in [0.29, 0.717) is 22.6 Å². The van der Waals surface area contributed by atoms with Crippen molar-refractivity contribution in [2.75, 3.05) is 55.0 Å². The van der Waals surface area contributed by atoms with Crippen LogP contribution in [0.15, 0.2) is 65.8 Å². The maximum Gasteiger partial charge on any atom is 0.241 e. The van der Waals surface area contributed by atoms with Gasteiger partial charge in [0.15, 0.2) is 0 Å². The summed E-state index contributed by atoms with van der Waals surface area (Å²) in [4.78, 5) is 21.4. The zero-order valence-electron chi connectivity index (χ0n) is 21.4. The van der Waals surface area contributed by atoms with Gasteiger partial charge in [0.05, 0.1) is 12.0 Å². The van der Waals surface area contributed by atoms with Crippen molar-refractivity contribution >= 4 is 33.0 Å². The molecule has 0 saturated carbocycles. The third kappa shape index (κ3) is 6.58. The van der Waals surface area contributed by atoms with E-state index < -0.39 is 10.0 Å². The van der Waals surface area contributed by atoms with Crippen LogP contribution >= 0.6 is 0 Å². The molecule has 2 aromatic carbocycles. The Hall–Kier alpha value is -3.63. The molecule has 0 radical (unpaired) electrons. The molecule has 4 rings (SSSR count). The lowest BCUT2D eigenvalue weighted by molar-refractivity contribution is -0.116. The van der Waals surface area contributed by atoms with Crippen LogP contribution in [0.25, 0.3) is 0 Å². The van der Waals surface area contributed by atoms with Gasteiger partial charge in [-0.1, -0.05) is 0 Å². The molecular formula is C27H33N5O4S. The molecule has 10 heteroatoms. The standard InChI is InChI=1S/C27H33N5O4S/c1-20-18-25(36-3)19-21(2)27(20)37(34,35)29-13-10-26(33)30-22-4-6-23(7-5-22)31-14-16-32(17-15-31)24-8-11-28-12-9-24/h4-9,11-12,18-19,29H,10,13-17H2,1-3H3,(H,30,33). The van der Waals surface area contributed by atoms with Gasteiger partial charge < -0.3 is 19.9 Å². The van der Waals surface area contributed by atoms with Crippen molar-refractivity contribution in [3.63, 3.8) is 0 Å². The lowest BCUT2D eigenvalue weighted by Gasteiger charge is -2.37. The second kappa shape index (κ2) is 11.6. The molecule has 1 aliphatic heterocycles. The van der Waals surface area contributed by atoms with E-state index in [9.17, 15) is 13.2 Å². The minimum Gasteiger partial charge on any atom is -0.497 e. The first-order chi connectivity index (χ1) is 17.8. The molecule has 2 heterocycles. The number of nitrogens with one attached hydrogen (secondary N) is 2. The minimum atomic E-state index is -3.75. The number of hydrogen-bond donors (Lipinski definition) is 2. The zero-order chi connectivity index (χ0) is 26.4. The summed E-state index contributed by atoms with van der Waals surface area (Å²) < 4.78 is 33.4. The number of anilines is 3. The molecule has 9 nitrogen and oxygen atoms in total. The van der Waals surface area contributed by atoms with E-state index in [0.717, 1.165) is 31.9 Å². The first-order valence-corrected chi connectivity index (χ1v) is 13.7. The molecule has 1 amide bonds.